The van der Waals surface area contributed by atoms with Crippen molar-refractivity contribution >= 4 is 17.5 Å². The van der Waals surface area contributed by atoms with Gasteiger partial charge in [0, 0.05) is 56.9 Å². The topological polar surface area (TPSA) is 56.3 Å². The summed E-state index contributed by atoms with van der Waals surface area (Å²) < 4.78 is 6.08. The number of anilines is 1. The summed E-state index contributed by atoms with van der Waals surface area (Å²) >= 11 is 0. The molecule has 0 N–H and O–H groups in total. The van der Waals surface area contributed by atoms with Crippen molar-refractivity contribution in [2.75, 3.05) is 63.9 Å². The molecular weight excluding hydrogens is 524 g/mol. The van der Waals surface area contributed by atoms with Gasteiger partial charge >= 0.3 is 0 Å². The van der Waals surface area contributed by atoms with Gasteiger partial charge in [0.25, 0.3) is 5.91 Å². The molecule has 1 saturated heterocycles. The van der Waals surface area contributed by atoms with E-state index in [9.17, 15) is 9.59 Å². The Bertz CT molecular complexity index is 1140. The summed E-state index contributed by atoms with van der Waals surface area (Å²) in [4.78, 5) is 36.4. The largest absolute Gasteiger partial charge is 0.494 e. The smallest absolute Gasteiger partial charge is 0.254 e. The second kappa shape index (κ2) is 16.1. The van der Waals surface area contributed by atoms with Gasteiger partial charge in [-0.3, -0.25) is 9.59 Å². The molecule has 1 fully saturated rings. The maximum Gasteiger partial charge on any atom is 0.254 e. The second-order valence-corrected chi connectivity index (χ2v) is 12.8. The second-order valence-electron chi connectivity index (χ2n) is 12.8. The van der Waals surface area contributed by atoms with Crippen LogP contribution in [0.5, 0.6) is 5.75 Å². The van der Waals surface area contributed by atoms with Crippen LogP contribution in [0.25, 0.3) is 0 Å². The van der Waals surface area contributed by atoms with Gasteiger partial charge in [-0.1, -0.05) is 52.0 Å². The fourth-order valence-corrected chi connectivity index (χ4v) is 6.12. The number of benzene rings is 2. The molecule has 0 atom stereocenters. The first-order chi connectivity index (χ1) is 20.3. The zero-order valence-corrected chi connectivity index (χ0v) is 26.4. The van der Waals surface area contributed by atoms with Crippen molar-refractivity contribution in [3.05, 3.63) is 59.7 Å². The molecular formula is C35H52N4O3. The number of fused-ring (bicyclic) bond motifs is 1. The van der Waals surface area contributed by atoms with Crippen LogP contribution in [-0.4, -0.2) is 85.5 Å². The fraction of sp³-hybridized carbons (Fsp3) is 0.600. The van der Waals surface area contributed by atoms with Crippen molar-refractivity contribution in [3.8, 4) is 5.75 Å². The van der Waals surface area contributed by atoms with Crippen LogP contribution in [0, 0.1) is 11.8 Å². The average Bonchev–Trinajstić information content (AvgIpc) is 3.47. The standard InChI is InChI=1S/C35H52N4O3/c1-28(2)24-34(40)39-20-10-18-37(26-29(3)4)21-22-38(27-31-12-5-6-15-33(31)39)35(41)30-13-9-14-32(25-30)42-23-11-19-36-16-7-8-17-36/h5-6,9,12-15,25,28-29H,7-8,10-11,16-24,26-27H2,1-4H3. The number of likely N-dealkylation sites (tertiary alicyclic amines) is 1. The van der Waals surface area contributed by atoms with Crippen LogP contribution >= 0.6 is 0 Å². The predicted molar refractivity (Wildman–Crippen MR) is 171 cm³/mol. The minimum atomic E-state index is -0.00359. The summed E-state index contributed by atoms with van der Waals surface area (Å²) in [7, 11) is 0. The van der Waals surface area contributed by atoms with Crippen molar-refractivity contribution in [2.45, 2.75) is 66.3 Å². The molecule has 4 rings (SSSR count). The quantitative estimate of drug-likeness (QED) is 0.328. The highest BCUT2D eigenvalue weighted by Crippen LogP contribution is 2.26. The third kappa shape index (κ3) is 9.56. The zero-order chi connectivity index (χ0) is 29.9. The maximum atomic E-state index is 14.1. The van der Waals surface area contributed by atoms with E-state index in [2.05, 4.69) is 43.6 Å². The third-order valence-electron chi connectivity index (χ3n) is 8.15. The molecule has 0 spiro atoms. The Kier molecular flexibility index (Phi) is 12.3. The summed E-state index contributed by atoms with van der Waals surface area (Å²) in [6.07, 6.45) is 4.99. The Morgan fingerprint density at radius 3 is 2.33 bits per heavy atom. The number of carbonyl (C=O) groups is 2. The third-order valence-corrected chi connectivity index (χ3v) is 8.15. The molecule has 0 saturated carbocycles. The number of nitrogens with zero attached hydrogens (tertiary/aromatic N) is 4. The van der Waals surface area contributed by atoms with Gasteiger partial charge in [-0.05, 0) is 87.0 Å². The number of hydrogen-bond acceptors (Lipinski definition) is 5. The van der Waals surface area contributed by atoms with E-state index in [0.717, 1.165) is 56.0 Å². The van der Waals surface area contributed by atoms with E-state index in [-0.39, 0.29) is 17.7 Å². The summed E-state index contributed by atoms with van der Waals surface area (Å²) in [5.41, 5.74) is 2.57. The molecule has 0 aliphatic carbocycles. The molecule has 230 valence electrons. The van der Waals surface area contributed by atoms with Crippen LogP contribution in [0.3, 0.4) is 0 Å². The minimum Gasteiger partial charge on any atom is -0.494 e. The van der Waals surface area contributed by atoms with E-state index < -0.39 is 0 Å². The van der Waals surface area contributed by atoms with Crippen molar-refractivity contribution < 1.29 is 14.3 Å². The monoisotopic (exact) mass is 576 g/mol. The lowest BCUT2D eigenvalue weighted by Crippen LogP contribution is -2.40. The Morgan fingerprint density at radius 2 is 1.57 bits per heavy atom. The molecule has 0 radical (unpaired) electrons. The Labute approximate surface area is 253 Å². The minimum absolute atomic E-state index is 0.00359. The van der Waals surface area contributed by atoms with Gasteiger partial charge in [0.2, 0.25) is 5.91 Å². The van der Waals surface area contributed by atoms with Crippen LogP contribution in [-0.2, 0) is 11.3 Å². The molecule has 42 heavy (non-hydrogen) atoms. The Balaban J connectivity index is 1.54. The van der Waals surface area contributed by atoms with E-state index in [4.69, 9.17) is 4.74 Å². The molecule has 7 heteroatoms. The molecule has 2 aliphatic heterocycles. The van der Waals surface area contributed by atoms with Gasteiger partial charge in [0.05, 0.1) is 6.61 Å². The zero-order valence-electron chi connectivity index (χ0n) is 26.4. The average molecular weight is 577 g/mol. The molecule has 0 aromatic heterocycles. The van der Waals surface area contributed by atoms with Crippen LogP contribution < -0.4 is 9.64 Å². The normalized spacial score (nSPS) is 17.4. The summed E-state index contributed by atoms with van der Waals surface area (Å²) in [5.74, 6) is 1.70. The van der Waals surface area contributed by atoms with E-state index in [1.165, 1.54) is 25.9 Å². The van der Waals surface area contributed by atoms with Crippen molar-refractivity contribution in [1.29, 1.82) is 0 Å². The van der Waals surface area contributed by atoms with Crippen molar-refractivity contribution in [1.82, 2.24) is 14.7 Å². The van der Waals surface area contributed by atoms with Gasteiger partial charge in [-0.25, -0.2) is 0 Å². The van der Waals surface area contributed by atoms with Crippen molar-refractivity contribution in [3.63, 3.8) is 0 Å². The highest BCUT2D eigenvalue weighted by atomic mass is 16.5. The van der Waals surface area contributed by atoms with E-state index in [0.29, 0.717) is 44.1 Å². The van der Waals surface area contributed by atoms with Crippen LogP contribution in [0.2, 0.25) is 0 Å². The number of ether oxygens (including phenoxy) is 1. The SMILES string of the molecule is CC(C)CC(=O)N1CCCN(CC(C)C)CCN(C(=O)c2cccc(OCCCN3CCCC3)c2)Cc2ccccc21. The lowest BCUT2D eigenvalue weighted by atomic mass is 10.1. The fourth-order valence-electron chi connectivity index (χ4n) is 6.12. The summed E-state index contributed by atoms with van der Waals surface area (Å²) in [6, 6.07) is 15.7. The van der Waals surface area contributed by atoms with Gasteiger partial charge in [0.15, 0.2) is 0 Å². The lowest BCUT2D eigenvalue weighted by Gasteiger charge is -2.29. The highest BCUT2D eigenvalue weighted by molar-refractivity contribution is 5.96. The molecule has 0 unspecified atom stereocenters. The number of rotatable bonds is 10. The van der Waals surface area contributed by atoms with Gasteiger partial charge in [0.1, 0.15) is 5.75 Å². The van der Waals surface area contributed by atoms with Crippen LogP contribution in [0.4, 0.5) is 5.69 Å². The van der Waals surface area contributed by atoms with Crippen LogP contribution in [0.15, 0.2) is 48.5 Å². The molecule has 2 aromatic rings. The van der Waals surface area contributed by atoms with E-state index >= 15 is 0 Å². The summed E-state index contributed by atoms with van der Waals surface area (Å²) in [6.45, 7) is 17.2. The first-order valence-corrected chi connectivity index (χ1v) is 16.1. The predicted octanol–water partition coefficient (Wildman–Crippen LogP) is 5.93. The molecule has 2 amide bonds. The number of carbonyl (C=O) groups excluding carboxylic acids is 2. The van der Waals surface area contributed by atoms with Crippen molar-refractivity contribution in [2.24, 2.45) is 11.8 Å². The molecule has 0 bridgehead atoms. The van der Waals surface area contributed by atoms with Gasteiger partial charge in [-0.15, -0.1) is 0 Å². The molecule has 2 aromatic carbocycles. The number of amides is 2. The number of para-hydroxylation sites is 1. The van der Waals surface area contributed by atoms with Crippen LogP contribution in [0.1, 0.15) is 75.7 Å². The number of hydrogen-bond donors (Lipinski definition) is 0. The summed E-state index contributed by atoms with van der Waals surface area (Å²) in [5, 5.41) is 0. The first-order valence-electron chi connectivity index (χ1n) is 16.1. The molecule has 7 nitrogen and oxygen atoms in total. The molecule has 2 aliphatic rings. The maximum absolute atomic E-state index is 14.1. The Hall–Kier alpha value is -2.90. The van der Waals surface area contributed by atoms with E-state index in [1.807, 2.05) is 52.3 Å². The van der Waals surface area contributed by atoms with Gasteiger partial charge in [-0.2, -0.15) is 0 Å². The van der Waals surface area contributed by atoms with E-state index in [1.54, 1.807) is 0 Å². The van der Waals surface area contributed by atoms with Gasteiger partial charge < -0.3 is 24.3 Å². The first kappa shape index (κ1) is 32.0. The highest BCUT2D eigenvalue weighted by Gasteiger charge is 2.25. The Morgan fingerprint density at radius 1 is 0.810 bits per heavy atom. The molecule has 2 heterocycles. The lowest BCUT2D eigenvalue weighted by molar-refractivity contribution is -0.119.